The molecule has 2 aliphatic rings. The van der Waals surface area contributed by atoms with Crippen LogP contribution < -0.4 is 10.6 Å². The lowest BCUT2D eigenvalue weighted by atomic mass is 9.59. The van der Waals surface area contributed by atoms with Crippen molar-refractivity contribution in [2.24, 2.45) is 10.8 Å². The number of hydrogen-bond acceptors (Lipinski definition) is 4. The van der Waals surface area contributed by atoms with Crippen molar-refractivity contribution >= 4 is 22.6 Å². The molecule has 2 bridgehead atoms. The van der Waals surface area contributed by atoms with Crippen LogP contribution >= 0.6 is 0 Å². The highest BCUT2D eigenvalue weighted by Gasteiger charge is 2.57. The molecule has 31 heavy (non-hydrogen) atoms. The summed E-state index contributed by atoms with van der Waals surface area (Å²) in [6.07, 6.45) is 6.10. The van der Waals surface area contributed by atoms with E-state index in [1.807, 2.05) is 24.3 Å². The molecule has 6 nitrogen and oxygen atoms in total. The quantitative estimate of drug-likeness (QED) is 0.534. The molecule has 1 aliphatic carbocycles. The fourth-order valence-corrected chi connectivity index (χ4v) is 6.16. The SMILES string of the molecule is CC1(C)CC2(C)CNC(C(=O)c3ccc4[nH]cc(C(=O)NCc5ccco5)c4c3)(C1)C2. The summed E-state index contributed by atoms with van der Waals surface area (Å²) in [4.78, 5) is 29.7. The zero-order chi connectivity index (χ0) is 21.9. The number of rotatable bonds is 5. The number of carbonyl (C=O) groups excluding carboxylic acids is 2. The van der Waals surface area contributed by atoms with E-state index < -0.39 is 5.54 Å². The van der Waals surface area contributed by atoms with E-state index in [1.54, 1.807) is 18.5 Å². The van der Waals surface area contributed by atoms with Crippen molar-refractivity contribution in [3.8, 4) is 0 Å². The van der Waals surface area contributed by atoms with Crippen LogP contribution in [0.4, 0.5) is 0 Å². The molecule has 6 heteroatoms. The fourth-order valence-electron chi connectivity index (χ4n) is 6.16. The van der Waals surface area contributed by atoms with E-state index in [-0.39, 0.29) is 22.5 Å². The zero-order valence-electron chi connectivity index (χ0n) is 18.3. The maximum absolute atomic E-state index is 13.8. The summed E-state index contributed by atoms with van der Waals surface area (Å²) in [6, 6.07) is 9.24. The Morgan fingerprint density at radius 3 is 2.74 bits per heavy atom. The molecule has 0 radical (unpaired) electrons. The van der Waals surface area contributed by atoms with Crippen molar-refractivity contribution in [3.63, 3.8) is 0 Å². The third kappa shape index (κ3) is 3.49. The van der Waals surface area contributed by atoms with Crippen molar-refractivity contribution < 1.29 is 14.0 Å². The molecular formula is C25H29N3O3. The molecule has 1 amide bonds. The van der Waals surface area contributed by atoms with Crippen LogP contribution in [0.15, 0.2) is 47.2 Å². The summed E-state index contributed by atoms with van der Waals surface area (Å²) in [5.74, 6) is 0.628. The summed E-state index contributed by atoms with van der Waals surface area (Å²) in [5.41, 5.74) is 1.75. The van der Waals surface area contributed by atoms with Crippen molar-refractivity contribution in [2.45, 2.75) is 52.1 Å². The average molecular weight is 420 g/mol. The molecule has 1 saturated heterocycles. The Balaban J connectivity index is 1.44. The monoisotopic (exact) mass is 419 g/mol. The number of Topliss-reactive ketones (excluding diaryl/α,β-unsaturated/α-hetero) is 1. The largest absolute Gasteiger partial charge is 0.467 e. The van der Waals surface area contributed by atoms with Crippen LogP contribution in [0, 0.1) is 10.8 Å². The second-order valence-corrected chi connectivity index (χ2v) is 10.5. The summed E-state index contributed by atoms with van der Waals surface area (Å²) in [6.45, 7) is 7.99. The highest BCUT2D eigenvalue weighted by Crippen LogP contribution is 2.54. The second-order valence-electron chi connectivity index (χ2n) is 10.5. The number of aromatic amines is 1. The molecule has 5 rings (SSSR count). The molecule has 2 unspecified atom stereocenters. The van der Waals surface area contributed by atoms with Crippen LogP contribution in [0.2, 0.25) is 0 Å². The van der Waals surface area contributed by atoms with Crippen LogP contribution in [0.1, 0.15) is 66.5 Å². The summed E-state index contributed by atoms with van der Waals surface area (Å²) in [7, 11) is 0. The average Bonchev–Trinajstić information content (AvgIpc) is 3.42. The molecule has 1 aliphatic heterocycles. The van der Waals surface area contributed by atoms with E-state index in [2.05, 4.69) is 36.4 Å². The number of carbonyl (C=O) groups is 2. The van der Waals surface area contributed by atoms with Gasteiger partial charge in [0.25, 0.3) is 5.91 Å². The molecule has 2 atom stereocenters. The first kappa shape index (κ1) is 20.1. The third-order valence-electron chi connectivity index (χ3n) is 6.89. The Bertz CT molecular complexity index is 1160. The molecule has 2 aromatic heterocycles. The number of benzene rings is 1. The zero-order valence-corrected chi connectivity index (χ0v) is 18.3. The number of ketones is 1. The van der Waals surface area contributed by atoms with E-state index in [0.717, 1.165) is 36.7 Å². The molecule has 3 aromatic rings. The summed E-state index contributed by atoms with van der Waals surface area (Å²) >= 11 is 0. The van der Waals surface area contributed by atoms with E-state index in [0.29, 0.717) is 23.4 Å². The van der Waals surface area contributed by atoms with E-state index in [9.17, 15) is 9.59 Å². The van der Waals surface area contributed by atoms with Crippen LogP contribution in [0.5, 0.6) is 0 Å². The minimum Gasteiger partial charge on any atom is -0.467 e. The Hall–Kier alpha value is -2.86. The van der Waals surface area contributed by atoms with Gasteiger partial charge in [0, 0.05) is 29.2 Å². The predicted octanol–water partition coefficient (Wildman–Crippen LogP) is 4.43. The van der Waals surface area contributed by atoms with Crippen LogP contribution in [-0.4, -0.2) is 28.8 Å². The van der Waals surface area contributed by atoms with Gasteiger partial charge in [0.1, 0.15) is 5.76 Å². The Morgan fingerprint density at radius 2 is 1.97 bits per heavy atom. The molecule has 2 fully saturated rings. The minimum atomic E-state index is -0.526. The lowest BCUT2D eigenvalue weighted by Crippen LogP contribution is -2.52. The highest BCUT2D eigenvalue weighted by atomic mass is 16.3. The van der Waals surface area contributed by atoms with Crippen molar-refractivity contribution in [2.75, 3.05) is 6.54 Å². The molecule has 3 N–H and O–H groups in total. The van der Waals surface area contributed by atoms with Gasteiger partial charge >= 0.3 is 0 Å². The lowest BCUT2D eigenvalue weighted by Gasteiger charge is -2.45. The number of furan rings is 1. The Labute approximate surface area is 181 Å². The van der Waals surface area contributed by atoms with Crippen molar-refractivity contribution in [1.29, 1.82) is 0 Å². The molecular weight excluding hydrogens is 390 g/mol. The van der Waals surface area contributed by atoms with Gasteiger partial charge in [-0.2, -0.15) is 0 Å². The summed E-state index contributed by atoms with van der Waals surface area (Å²) < 4.78 is 5.28. The summed E-state index contributed by atoms with van der Waals surface area (Å²) in [5, 5.41) is 7.24. The molecule has 0 spiro atoms. The number of amides is 1. The Morgan fingerprint density at radius 1 is 1.13 bits per heavy atom. The van der Waals surface area contributed by atoms with Gasteiger partial charge in [-0.05, 0) is 60.4 Å². The van der Waals surface area contributed by atoms with Gasteiger partial charge in [0.2, 0.25) is 0 Å². The van der Waals surface area contributed by atoms with Gasteiger partial charge in [0.05, 0.1) is 23.9 Å². The van der Waals surface area contributed by atoms with Gasteiger partial charge in [-0.1, -0.05) is 20.8 Å². The van der Waals surface area contributed by atoms with Gasteiger partial charge < -0.3 is 20.0 Å². The first-order valence-electron chi connectivity index (χ1n) is 10.9. The van der Waals surface area contributed by atoms with Crippen LogP contribution in [0.25, 0.3) is 10.9 Å². The minimum absolute atomic E-state index is 0.112. The lowest BCUT2D eigenvalue weighted by molar-refractivity contribution is 0.0609. The standard InChI is InChI=1S/C25H29N3O3/c1-23(2)12-24(3)14-25(13-23,28-15-24)21(29)16-6-7-20-18(9-16)19(11-26-20)22(30)27-10-17-5-4-8-31-17/h4-9,11,26,28H,10,12-15H2,1-3H3,(H,27,30). The number of aromatic nitrogens is 1. The maximum Gasteiger partial charge on any atom is 0.253 e. The maximum atomic E-state index is 13.8. The fraction of sp³-hybridized carbons (Fsp3) is 0.440. The number of fused-ring (bicyclic) bond motifs is 3. The van der Waals surface area contributed by atoms with Crippen molar-refractivity contribution in [3.05, 3.63) is 59.7 Å². The smallest absolute Gasteiger partial charge is 0.253 e. The topological polar surface area (TPSA) is 87.1 Å². The van der Waals surface area contributed by atoms with E-state index in [4.69, 9.17) is 4.42 Å². The molecule has 1 saturated carbocycles. The predicted molar refractivity (Wildman–Crippen MR) is 119 cm³/mol. The molecule has 162 valence electrons. The van der Waals surface area contributed by atoms with Crippen LogP contribution in [0.3, 0.4) is 0 Å². The number of nitrogens with one attached hydrogen (secondary N) is 3. The first-order valence-corrected chi connectivity index (χ1v) is 10.9. The third-order valence-corrected chi connectivity index (χ3v) is 6.89. The van der Waals surface area contributed by atoms with Gasteiger partial charge in [0.15, 0.2) is 5.78 Å². The van der Waals surface area contributed by atoms with Gasteiger partial charge in [-0.3, -0.25) is 9.59 Å². The van der Waals surface area contributed by atoms with Crippen molar-refractivity contribution in [1.82, 2.24) is 15.6 Å². The van der Waals surface area contributed by atoms with Gasteiger partial charge in [-0.25, -0.2) is 0 Å². The Kier molecular flexibility index (Phi) is 4.42. The first-order chi connectivity index (χ1) is 14.7. The highest BCUT2D eigenvalue weighted by molar-refractivity contribution is 6.11. The molecule has 3 heterocycles. The van der Waals surface area contributed by atoms with Gasteiger partial charge in [-0.15, -0.1) is 0 Å². The van der Waals surface area contributed by atoms with E-state index >= 15 is 0 Å². The second kappa shape index (κ2) is 6.82. The number of hydrogen-bond donors (Lipinski definition) is 3. The number of H-pyrrole nitrogens is 1. The normalized spacial score (nSPS) is 26.8. The van der Waals surface area contributed by atoms with E-state index in [1.165, 1.54) is 0 Å². The van der Waals surface area contributed by atoms with Crippen LogP contribution in [-0.2, 0) is 6.54 Å². The molecule has 1 aromatic carbocycles.